The van der Waals surface area contributed by atoms with Crippen molar-refractivity contribution in [1.29, 1.82) is 5.41 Å². The maximum atomic E-state index is 7.74. The normalized spacial score (nSPS) is 19.0. The number of anilines is 1. The van der Waals surface area contributed by atoms with Gasteiger partial charge in [0.2, 0.25) is 0 Å². The number of nitrogens with zero attached hydrogens (tertiary/aromatic N) is 2. The fourth-order valence-corrected chi connectivity index (χ4v) is 3.23. The summed E-state index contributed by atoms with van der Waals surface area (Å²) in [6, 6.07) is 5.93. The lowest BCUT2D eigenvalue weighted by atomic mass is 10.1. The monoisotopic (exact) mass is 317 g/mol. The third-order valence-corrected chi connectivity index (χ3v) is 4.56. The molecule has 0 aliphatic carbocycles. The van der Waals surface area contributed by atoms with Gasteiger partial charge in [0.05, 0.1) is 0 Å². The van der Waals surface area contributed by atoms with Crippen molar-refractivity contribution in [2.75, 3.05) is 57.3 Å². The molecule has 0 bridgehead atoms. The summed E-state index contributed by atoms with van der Waals surface area (Å²) in [5, 5.41) is 11.1. The Morgan fingerprint density at radius 3 is 2.57 bits per heavy atom. The predicted octanol–water partition coefficient (Wildman–Crippen LogP) is 0.855. The van der Waals surface area contributed by atoms with E-state index in [1.54, 1.807) is 0 Å². The molecular formula is C17H27N5O. The van der Waals surface area contributed by atoms with Crippen LogP contribution in [-0.4, -0.2) is 63.2 Å². The van der Waals surface area contributed by atoms with Gasteiger partial charge in [-0.3, -0.25) is 10.3 Å². The molecule has 0 amide bonds. The molecule has 1 aromatic rings. The van der Waals surface area contributed by atoms with Gasteiger partial charge in [-0.25, -0.2) is 0 Å². The Hall–Kier alpha value is -1.79. The molecule has 2 aliphatic heterocycles. The second kappa shape index (κ2) is 7.66. The molecular weight excluding hydrogens is 290 g/mol. The van der Waals surface area contributed by atoms with E-state index in [9.17, 15) is 0 Å². The van der Waals surface area contributed by atoms with Gasteiger partial charge in [-0.1, -0.05) is 0 Å². The number of ether oxygens (including phenoxy) is 1. The van der Waals surface area contributed by atoms with Crippen molar-refractivity contribution in [2.24, 2.45) is 5.73 Å². The molecule has 6 heteroatoms. The van der Waals surface area contributed by atoms with Crippen molar-refractivity contribution in [2.45, 2.75) is 12.8 Å². The van der Waals surface area contributed by atoms with Crippen LogP contribution >= 0.6 is 0 Å². The van der Waals surface area contributed by atoms with Gasteiger partial charge in [0.1, 0.15) is 18.2 Å². The van der Waals surface area contributed by atoms with Crippen LogP contribution in [0.1, 0.15) is 18.4 Å². The highest BCUT2D eigenvalue weighted by molar-refractivity contribution is 5.96. The Labute approximate surface area is 138 Å². The van der Waals surface area contributed by atoms with E-state index in [1.807, 2.05) is 12.1 Å². The Bertz CT molecular complexity index is 536. The number of hydrogen-bond donors (Lipinski definition) is 3. The molecule has 2 aliphatic rings. The number of nitrogen functional groups attached to an aromatic ring is 1. The molecule has 2 heterocycles. The van der Waals surface area contributed by atoms with Crippen molar-refractivity contribution >= 4 is 11.5 Å². The molecule has 1 aromatic carbocycles. The molecule has 0 unspecified atom stereocenters. The van der Waals surface area contributed by atoms with Gasteiger partial charge < -0.3 is 20.7 Å². The molecule has 4 N–H and O–H groups in total. The number of benzene rings is 1. The fraction of sp³-hybridized carbons (Fsp3) is 0.588. The number of piperazine rings is 1. The van der Waals surface area contributed by atoms with E-state index in [0.29, 0.717) is 6.61 Å². The third kappa shape index (κ3) is 4.36. The van der Waals surface area contributed by atoms with E-state index in [2.05, 4.69) is 21.2 Å². The topological polar surface area (TPSA) is 77.6 Å². The van der Waals surface area contributed by atoms with Crippen molar-refractivity contribution in [3.05, 3.63) is 23.8 Å². The van der Waals surface area contributed by atoms with E-state index in [4.69, 9.17) is 15.9 Å². The lowest BCUT2D eigenvalue weighted by Gasteiger charge is -2.30. The van der Waals surface area contributed by atoms with E-state index in [0.717, 1.165) is 49.7 Å². The van der Waals surface area contributed by atoms with Gasteiger partial charge in [0, 0.05) is 50.0 Å². The summed E-state index contributed by atoms with van der Waals surface area (Å²) in [7, 11) is 0. The first kappa shape index (κ1) is 16.1. The van der Waals surface area contributed by atoms with Gasteiger partial charge in [-0.2, -0.15) is 0 Å². The highest BCUT2D eigenvalue weighted by Gasteiger charge is 2.14. The fourth-order valence-electron chi connectivity index (χ4n) is 3.23. The average Bonchev–Trinajstić information content (AvgIpc) is 3.09. The van der Waals surface area contributed by atoms with Gasteiger partial charge in [0.15, 0.2) is 0 Å². The second-order valence-electron chi connectivity index (χ2n) is 6.26. The lowest BCUT2D eigenvalue weighted by molar-refractivity contribution is 0.238. The zero-order valence-corrected chi connectivity index (χ0v) is 13.7. The van der Waals surface area contributed by atoms with Crippen molar-refractivity contribution in [3.8, 4) is 5.75 Å². The third-order valence-electron chi connectivity index (χ3n) is 4.56. The second-order valence-corrected chi connectivity index (χ2v) is 6.26. The molecule has 0 saturated carbocycles. The van der Waals surface area contributed by atoms with Crippen LogP contribution < -0.4 is 20.7 Å². The quantitative estimate of drug-likeness (QED) is 0.536. The Morgan fingerprint density at radius 1 is 1.13 bits per heavy atom. The Morgan fingerprint density at radius 2 is 1.87 bits per heavy atom. The molecule has 23 heavy (non-hydrogen) atoms. The zero-order valence-electron chi connectivity index (χ0n) is 13.7. The number of hydrogen-bond acceptors (Lipinski definition) is 5. The number of amidine groups is 1. The first-order chi connectivity index (χ1) is 11.2. The maximum Gasteiger partial charge on any atom is 0.122 e. The highest BCUT2D eigenvalue weighted by atomic mass is 16.5. The van der Waals surface area contributed by atoms with Crippen LogP contribution in [0.15, 0.2) is 18.2 Å². The molecule has 0 aromatic heterocycles. The van der Waals surface area contributed by atoms with Crippen molar-refractivity contribution in [1.82, 2.24) is 10.2 Å². The van der Waals surface area contributed by atoms with Crippen LogP contribution in [0.3, 0.4) is 0 Å². The standard InChI is InChI=1S/C17H27N5O/c18-17(19)14-11-15(22-7-3-20-4-8-22)13-16(12-14)23-10-9-21-5-1-2-6-21/h11-13,20H,1-10H2,(H3,18,19). The number of likely N-dealkylation sites (tertiary alicyclic amines) is 1. The van der Waals surface area contributed by atoms with E-state index in [-0.39, 0.29) is 5.84 Å². The predicted molar refractivity (Wildman–Crippen MR) is 93.7 cm³/mol. The van der Waals surface area contributed by atoms with Crippen LogP contribution in [0, 0.1) is 5.41 Å². The summed E-state index contributed by atoms with van der Waals surface area (Å²) < 4.78 is 5.95. The summed E-state index contributed by atoms with van der Waals surface area (Å²) in [6.07, 6.45) is 2.60. The minimum Gasteiger partial charge on any atom is -0.492 e. The van der Waals surface area contributed by atoms with E-state index in [1.165, 1.54) is 25.9 Å². The van der Waals surface area contributed by atoms with Gasteiger partial charge in [-0.05, 0) is 38.1 Å². The molecule has 0 atom stereocenters. The molecule has 2 saturated heterocycles. The molecule has 126 valence electrons. The minimum absolute atomic E-state index is 0.0892. The largest absolute Gasteiger partial charge is 0.492 e. The smallest absolute Gasteiger partial charge is 0.122 e. The number of nitrogens with two attached hydrogens (primary N) is 1. The Kier molecular flexibility index (Phi) is 5.35. The van der Waals surface area contributed by atoms with E-state index >= 15 is 0 Å². The summed E-state index contributed by atoms with van der Waals surface area (Å²) in [6.45, 7) is 7.91. The lowest BCUT2D eigenvalue weighted by Crippen LogP contribution is -2.43. The van der Waals surface area contributed by atoms with Crippen LogP contribution in [0.25, 0.3) is 0 Å². The molecule has 3 rings (SSSR count). The molecule has 6 nitrogen and oxygen atoms in total. The first-order valence-corrected chi connectivity index (χ1v) is 8.53. The van der Waals surface area contributed by atoms with E-state index < -0.39 is 0 Å². The van der Waals surface area contributed by atoms with Crippen LogP contribution in [-0.2, 0) is 0 Å². The maximum absolute atomic E-state index is 7.74. The van der Waals surface area contributed by atoms with Crippen LogP contribution in [0.4, 0.5) is 5.69 Å². The molecule has 0 spiro atoms. The first-order valence-electron chi connectivity index (χ1n) is 8.53. The minimum atomic E-state index is 0.0892. The average molecular weight is 317 g/mol. The Balaban J connectivity index is 1.67. The van der Waals surface area contributed by atoms with Gasteiger partial charge >= 0.3 is 0 Å². The molecule has 0 radical (unpaired) electrons. The molecule has 2 fully saturated rings. The number of rotatable bonds is 6. The van der Waals surface area contributed by atoms with Gasteiger partial charge in [-0.15, -0.1) is 0 Å². The van der Waals surface area contributed by atoms with Crippen molar-refractivity contribution < 1.29 is 4.74 Å². The highest BCUT2D eigenvalue weighted by Crippen LogP contribution is 2.24. The summed E-state index contributed by atoms with van der Waals surface area (Å²) >= 11 is 0. The SMILES string of the molecule is N=C(N)c1cc(OCCN2CCCC2)cc(N2CCNCC2)c1. The summed E-state index contributed by atoms with van der Waals surface area (Å²) in [5.41, 5.74) is 7.52. The zero-order chi connectivity index (χ0) is 16.1. The summed E-state index contributed by atoms with van der Waals surface area (Å²) in [5.74, 6) is 0.900. The van der Waals surface area contributed by atoms with Gasteiger partial charge in [0.25, 0.3) is 0 Å². The number of nitrogens with one attached hydrogen (secondary N) is 2. The van der Waals surface area contributed by atoms with Crippen molar-refractivity contribution in [3.63, 3.8) is 0 Å². The summed E-state index contributed by atoms with van der Waals surface area (Å²) in [4.78, 5) is 4.75. The van der Waals surface area contributed by atoms with Crippen LogP contribution in [0.2, 0.25) is 0 Å². The van der Waals surface area contributed by atoms with Crippen LogP contribution in [0.5, 0.6) is 5.75 Å².